The minimum Gasteiger partial charge on any atom is -0.497 e. The van der Waals surface area contributed by atoms with E-state index in [4.69, 9.17) is 16.3 Å². The molecule has 1 N–H and O–H groups in total. The quantitative estimate of drug-likeness (QED) is 0.316. The molecular formula is C26H25ClN4O2S. The number of ether oxygens (including phenoxy) is 1. The number of aromatic nitrogens is 3. The summed E-state index contributed by atoms with van der Waals surface area (Å²) >= 11 is 7.92. The maximum atomic E-state index is 12.8. The SMILES string of the molecule is COc1cccc(C(=O)NCc2nnc(SCc3ccccc3C)n2-c2cc(Cl)ccc2C)c1. The van der Waals surface area contributed by atoms with Crippen molar-refractivity contribution in [2.24, 2.45) is 0 Å². The third kappa shape index (κ3) is 5.43. The van der Waals surface area contributed by atoms with Crippen molar-refractivity contribution in [3.05, 3.63) is 99.8 Å². The van der Waals surface area contributed by atoms with E-state index in [2.05, 4.69) is 34.6 Å². The van der Waals surface area contributed by atoms with Crippen molar-refractivity contribution < 1.29 is 9.53 Å². The van der Waals surface area contributed by atoms with Crippen LogP contribution in [0.15, 0.2) is 71.9 Å². The molecule has 174 valence electrons. The number of hydrogen-bond acceptors (Lipinski definition) is 5. The number of nitrogens with zero attached hydrogens (tertiary/aromatic N) is 3. The largest absolute Gasteiger partial charge is 0.497 e. The van der Waals surface area contributed by atoms with Gasteiger partial charge in [-0.05, 0) is 60.9 Å². The first-order valence-electron chi connectivity index (χ1n) is 10.8. The summed E-state index contributed by atoms with van der Waals surface area (Å²) in [5, 5.41) is 13.2. The second-order valence-electron chi connectivity index (χ2n) is 7.79. The number of rotatable bonds is 8. The first-order valence-corrected chi connectivity index (χ1v) is 12.1. The van der Waals surface area contributed by atoms with Crippen LogP contribution in [0, 0.1) is 13.8 Å². The van der Waals surface area contributed by atoms with Gasteiger partial charge in [0.2, 0.25) is 0 Å². The monoisotopic (exact) mass is 492 g/mol. The minimum absolute atomic E-state index is 0.208. The zero-order valence-electron chi connectivity index (χ0n) is 19.2. The fourth-order valence-corrected chi connectivity index (χ4v) is 4.72. The van der Waals surface area contributed by atoms with Gasteiger partial charge in [-0.1, -0.05) is 59.8 Å². The van der Waals surface area contributed by atoms with Crippen LogP contribution in [0.3, 0.4) is 0 Å². The van der Waals surface area contributed by atoms with Crippen LogP contribution in [0.25, 0.3) is 5.69 Å². The molecule has 0 unspecified atom stereocenters. The predicted octanol–water partition coefficient (Wildman–Crippen LogP) is 5.77. The zero-order chi connectivity index (χ0) is 24.1. The van der Waals surface area contributed by atoms with Crippen molar-refractivity contribution in [1.82, 2.24) is 20.1 Å². The van der Waals surface area contributed by atoms with Crippen molar-refractivity contribution in [2.75, 3.05) is 7.11 Å². The number of benzene rings is 3. The molecule has 0 aliphatic carbocycles. The molecule has 4 aromatic rings. The molecule has 1 amide bonds. The Morgan fingerprint density at radius 2 is 1.85 bits per heavy atom. The highest BCUT2D eigenvalue weighted by atomic mass is 35.5. The maximum Gasteiger partial charge on any atom is 0.251 e. The van der Waals surface area contributed by atoms with Crippen LogP contribution in [0.1, 0.15) is 32.9 Å². The van der Waals surface area contributed by atoms with E-state index < -0.39 is 0 Å². The molecule has 8 heteroatoms. The van der Waals surface area contributed by atoms with Gasteiger partial charge in [0.05, 0.1) is 19.3 Å². The number of halogens is 1. The Bertz CT molecular complexity index is 1320. The second kappa shape index (κ2) is 10.8. The van der Waals surface area contributed by atoms with Crippen LogP contribution in [0.4, 0.5) is 0 Å². The highest BCUT2D eigenvalue weighted by molar-refractivity contribution is 7.98. The van der Waals surface area contributed by atoms with E-state index in [9.17, 15) is 4.79 Å². The number of hydrogen-bond donors (Lipinski definition) is 1. The molecule has 3 aromatic carbocycles. The highest BCUT2D eigenvalue weighted by Crippen LogP contribution is 2.29. The van der Waals surface area contributed by atoms with Gasteiger partial charge < -0.3 is 10.1 Å². The van der Waals surface area contributed by atoms with Crippen LogP contribution in [-0.4, -0.2) is 27.8 Å². The Morgan fingerprint density at radius 1 is 1.03 bits per heavy atom. The van der Waals surface area contributed by atoms with E-state index in [1.54, 1.807) is 43.1 Å². The Morgan fingerprint density at radius 3 is 2.65 bits per heavy atom. The number of carbonyl (C=O) groups excluding carboxylic acids is 1. The molecular weight excluding hydrogens is 468 g/mol. The highest BCUT2D eigenvalue weighted by Gasteiger charge is 2.18. The summed E-state index contributed by atoms with van der Waals surface area (Å²) in [5.74, 6) is 1.78. The van der Waals surface area contributed by atoms with E-state index in [0.29, 0.717) is 22.2 Å². The minimum atomic E-state index is -0.217. The number of amides is 1. The van der Waals surface area contributed by atoms with Gasteiger partial charge in [-0.15, -0.1) is 10.2 Å². The molecule has 0 radical (unpaired) electrons. The predicted molar refractivity (Wildman–Crippen MR) is 136 cm³/mol. The average molecular weight is 493 g/mol. The zero-order valence-corrected chi connectivity index (χ0v) is 20.8. The molecule has 4 rings (SSSR count). The fraction of sp³-hybridized carbons (Fsp3) is 0.192. The summed E-state index contributed by atoms with van der Waals surface area (Å²) in [6, 6.07) is 21.0. The van der Waals surface area contributed by atoms with Gasteiger partial charge in [-0.25, -0.2) is 0 Å². The normalized spacial score (nSPS) is 10.8. The second-order valence-corrected chi connectivity index (χ2v) is 9.17. The van der Waals surface area contributed by atoms with E-state index in [1.165, 1.54) is 11.1 Å². The third-order valence-corrected chi connectivity index (χ3v) is 6.68. The van der Waals surface area contributed by atoms with E-state index in [-0.39, 0.29) is 12.5 Å². The summed E-state index contributed by atoms with van der Waals surface area (Å²) < 4.78 is 7.19. The summed E-state index contributed by atoms with van der Waals surface area (Å²) in [7, 11) is 1.57. The first kappa shape index (κ1) is 23.9. The van der Waals surface area contributed by atoms with Gasteiger partial charge >= 0.3 is 0 Å². The van der Waals surface area contributed by atoms with Gasteiger partial charge in [0.25, 0.3) is 5.91 Å². The number of methoxy groups -OCH3 is 1. The molecule has 0 bridgehead atoms. The Labute approximate surface area is 208 Å². The van der Waals surface area contributed by atoms with E-state index >= 15 is 0 Å². The van der Waals surface area contributed by atoms with Crippen LogP contribution in [0.2, 0.25) is 5.02 Å². The van der Waals surface area contributed by atoms with Crippen LogP contribution in [0.5, 0.6) is 5.75 Å². The molecule has 0 spiro atoms. The molecule has 0 aliphatic heterocycles. The number of nitrogens with one attached hydrogen (secondary N) is 1. The molecule has 1 aromatic heterocycles. The van der Waals surface area contributed by atoms with E-state index in [0.717, 1.165) is 22.2 Å². The van der Waals surface area contributed by atoms with Crippen molar-refractivity contribution in [2.45, 2.75) is 31.3 Å². The first-order chi connectivity index (χ1) is 16.5. The fourth-order valence-electron chi connectivity index (χ4n) is 3.51. The maximum absolute atomic E-state index is 12.8. The van der Waals surface area contributed by atoms with Crippen molar-refractivity contribution >= 4 is 29.3 Å². The molecule has 0 saturated heterocycles. The van der Waals surface area contributed by atoms with Gasteiger partial charge in [-0.3, -0.25) is 9.36 Å². The number of aryl methyl sites for hydroxylation is 2. The molecule has 1 heterocycles. The topological polar surface area (TPSA) is 69.0 Å². The average Bonchev–Trinajstić information content (AvgIpc) is 3.26. The molecule has 0 atom stereocenters. The lowest BCUT2D eigenvalue weighted by molar-refractivity contribution is 0.0949. The summed E-state index contributed by atoms with van der Waals surface area (Å²) in [6.45, 7) is 4.32. The molecule has 0 fully saturated rings. The standard InChI is InChI=1S/C26H25ClN4O2S/c1-17-7-4-5-8-20(17)16-34-26-30-29-24(31(26)23-14-21(27)12-11-18(23)2)15-28-25(32)19-9-6-10-22(13-19)33-3/h4-14H,15-16H2,1-3H3,(H,28,32). The lowest BCUT2D eigenvalue weighted by atomic mass is 10.1. The Balaban J connectivity index is 1.62. The van der Waals surface area contributed by atoms with Crippen molar-refractivity contribution in [1.29, 1.82) is 0 Å². The number of carbonyl (C=O) groups is 1. The van der Waals surface area contributed by atoms with Gasteiger partial charge in [0, 0.05) is 16.3 Å². The number of thioether (sulfide) groups is 1. The molecule has 6 nitrogen and oxygen atoms in total. The van der Waals surface area contributed by atoms with Crippen LogP contribution < -0.4 is 10.1 Å². The van der Waals surface area contributed by atoms with Crippen LogP contribution >= 0.6 is 23.4 Å². The lowest BCUT2D eigenvalue weighted by Crippen LogP contribution is -2.24. The lowest BCUT2D eigenvalue weighted by Gasteiger charge is -2.14. The van der Waals surface area contributed by atoms with Crippen molar-refractivity contribution in [3.8, 4) is 11.4 Å². The molecule has 0 saturated carbocycles. The van der Waals surface area contributed by atoms with Crippen molar-refractivity contribution in [3.63, 3.8) is 0 Å². The Hall–Kier alpha value is -3.29. The van der Waals surface area contributed by atoms with E-state index in [1.807, 2.05) is 41.8 Å². The van der Waals surface area contributed by atoms with Gasteiger partial charge in [0.1, 0.15) is 5.75 Å². The smallest absolute Gasteiger partial charge is 0.251 e. The van der Waals surface area contributed by atoms with Crippen LogP contribution in [-0.2, 0) is 12.3 Å². The summed E-state index contributed by atoms with van der Waals surface area (Å²) in [6.07, 6.45) is 0. The van der Waals surface area contributed by atoms with Gasteiger partial charge in [-0.2, -0.15) is 0 Å². The third-order valence-electron chi connectivity index (χ3n) is 5.47. The Kier molecular flexibility index (Phi) is 7.55. The summed E-state index contributed by atoms with van der Waals surface area (Å²) in [5.41, 5.74) is 4.89. The molecule has 34 heavy (non-hydrogen) atoms. The molecule has 0 aliphatic rings. The van der Waals surface area contributed by atoms with Gasteiger partial charge in [0.15, 0.2) is 11.0 Å². The summed E-state index contributed by atoms with van der Waals surface area (Å²) in [4.78, 5) is 12.8.